The zero-order valence-electron chi connectivity index (χ0n) is 9.51. The Morgan fingerprint density at radius 3 is 2.89 bits per heavy atom. The van der Waals surface area contributed by atoms with Crippen molar-refractivity contribution in [3.8, 4) is 0 Å². The largest absolute Gasteiger partial charge is 0.341 e. The number of nitro groups is 1. The molecule has 1 aromatic carbocycles. The average Bonchev–Trinajstić information content (AvgIpc) is 2.85. The maximum Gasteiger partial charge on any atom is 0.274 e. The highest BCUT2D eigenvalue weighted by molar-refractivity contribution is 6.03. The molecule has 2 rings (SSSR count). The molecule has 0 unspecified atom stereocenters. The topological polar surface area (TPSA) is 101 Å². The van der Waals surface area contributed by atoms with E-state index in [0.29, 0.717) is 16.9 Å². The summed E-state index contributed by atoms with van der Waals surface area (Å²) in [5, 5.41) is 13.4. The van der Waals surface area contributed by atoms with Gasteiger partial charge in [-0.1, -0.05) is 6.07 Å². The van der Waals surface area contributed by atoms with Crippen molar-refractivity contribution in [1.82, 2.24) is 9.97 Å². The molecule has 7 nitrogen and oxygen atoms in total. The second-order valence-corrected chi connectivity index (χ2v) is 3.63. The van der Waals surface area contributed by atoms with Crippen LogP contribution in [0.25, 0.3) is 0 Å². The molecule has 0 aliphatic carbocycles. The molecule has 0 atom stereocenters. The van der Waals surface area contributed by atoms with Crippen LogP contribution < -0.4 is 5.32 Å². The van der Waals surface area contributed by atoms with E-state index in [0.717, 1.165) is 0 Å². The summed E-state index contributed by atoms with van der Waals surface area (Å²) in [7, 11) is 0. The Kier molecular flexibility index (Phi) is 3.05. The molecule has 2 aromatic rings. The quantitative estimate of drug-likeness (QED) is 0.637. The molecule has 0 aliphatic heterocycles. The number of nitro benzene ring substituents is 1. The molecule has 0 spiro atoms. The number of carbonyl (C=O) groups is 1. The van der Waals surface area contributed by atoms with Gasteiger partial charge >= 0.3 is 0 Å². The summed E-state index contributed by atoms with van der Waals surface area (Å²) in [5.74, 6) is -0.393. The first-order chi connectivity index (χ1) is 8.59. The molecule has 1 amide bonds. The van der Waals surface area contributed by atoms with Gasteiger partial charge in [-0.25, -0.2) is 4.98 Å². The number of amides is 1. The fourth-order valence-electron chi connectivity index (χ4n) is 1.53. The van der Waals surface area contributed by atoms with Crippen LogP contribution in [0.15, 0.2) is 30.7 Å². The first-order valence-corrected chi connectivity index (χ1v) is 5.13. The van der Waals surface area contributed by atoms with Crippen LogP contribution in [0.4, 0.5) is 11.4 Å². The Labute approximate surface area is 102 Å². The summed E-state index contributed by atoms with van der Waals surface area (Å²) < 4.78 is 0. The molecule has 0 fully saturated rings. The number of nitrogens with one attached hydrogen (secondary N) is 2. The number of H-pyrrole nitrogens is 1. The van der Waals surface area contributed by atoms with Crippen molar-refractivity contribution in [3.05, 3.63) is 52.1 Å². The van der Waals surface area contributed by atoms with Gasteiger partial charge in [0.1, 0.15) is 5.69 Å². The van der Waals surface area contributed by atoms with E-state index in [1.807, 2.05) is 0 Å². The highest BCUT2D eigenvalue weighted by Crippen LogP contribution is 2.25. The zero-order valence-corrected chi connectivity index (χ0v) is 9.51. The van der Waals surface area contributed by atoms with Crippen molar-refractivity contribution in [2.75, 3.05) is 5.32 Å². The van der Waals surface area contributed by atoms with Crippen molar-refractivity contribution in [2.45, 2.75) is 6.92 Å². The van der Waals surface area contributed by atoms with Crippen molar-refractivity contribution in [2.24, 2.45) is 0 Å². The molecule has 0 aliphatic rings. The van der Waals surface area contributed by atoms with Crippen LogP contribution in [0.2, 0.25) is 0 Å². The van der Waals surface area contributed by atoms with Gasteiger partial charge in [-0.15, -0.1) is 0 Å². The number of rotatable bonds is 3. The number of benzene rings is 1. The van der Waals surface area contributed by atoms with Crippen LogP contribution >= 0.6 is 0 Å². The smallest absolute Gasteiger partial charge is 0.274 e. The predicted molar refractivity (Wildman–Crippen MR) is 64.4 cm³/mol. The number of aromatic nitrogens is 2. The maximum absolute atomic E-state index is 11.8. The summed E-state index contributed by atoms with van der Waals surface area (Å²) >= 11 is 0. The summed E-state index contributed by atoms with van der Waals surface area (Å²) in [6, 6.07) is 4.52. The molecule has 7 heteroatoms. The lowest BCUT2D eigenvalue weighted by Gasteiger charge is -2.07. The van der Waals surface area contributed by atoms with E-state index in [1.54, 1.807) is 13.0 Å². The first kappa shape index (κ1) is 11.8. The lowest BCUT2D eigenvalue weighted by Crippen LogP contribution is -2.13. The number of hydrogen-bond donors (Lipinski definition) is 2. The molecule has 0 radical (unpaired) electrons. The van der Waals surface area contributed by atoms with Crippen LogP contribution in [0, 0.1) is 17.0 Å². The molecule has 18 heavy (non-hydrogen) atoms. The molecule has 0 bridgehead atoms. The van der Waals surface area contributed by atoms with Crippen molar-refractivity contribution < 1.29 is 9.72 Å². The Morgan fingerprint density at radius 2 is 2.28 bits per heavy atom. The molecule has 1 aromatic heterocycles. The molecule has 0 saturated heterocycles. The highest BCUT2D eigenvalue weighted by Gasteiger charge is 2.15. The van der Waals surface area contributed by atoms with Crippen LogP contribution in [0.1, 0.15) is 16.1 Å². The third-order valence-electron chi connectivity index (χ3n) is 2.49. The van der Waals surface area contributed by atoms with Gasteiger partial charge in [-0.3, -0.25) is 14.9 Å². The summed E-state index contributed by atoms with van der Waals surface area (Å²) in [4.78, 5) is 28.4. The minimum Gasteiger partial charge on any atom is -0.341 e. The number of imidazole rings is 1. The van der Waals surface area contributed by atoms with Crippen LogP contribution in [0.3, 0.4) is 0 Å². The second-order valence-electron chi connectivity index (χ2n) is 3.63. The monoisotopic (exact) mass is 246 g/mol. The number of aromatic amines is 1. The van der Waals surface area contributed by atoms with E-state index >= 15 is 0 Å². The van der Waals surface area contributed by atoms with Gasteiger partial charge < -0.3 is 10.3 Å². The van der Waals surface area contributed by atoms with Gasteiger partial charge in [0, 0.05) is 6.07 Å². The molecular weight excluding hydrogens is 236 g/mol. The van der Waals surface area contributed by atoms with Gasteiger partial charge in [-0.2, -0.15) is 0 Å². The standard InChI is InChI=1S/C11H10N4O3/c1-7-8(3-2-4-10(7)15(17)18)14-11(16)9-5-12-6-13-9/h2-6H,1H3,(H,12,13)(H,14,16). The molecule has 0 saturated carbocycles. The fraction of sp³-hybridized carbons (Fsp3) is 0.0909. The van der Waals surface area contributed by atoms with E-state index in [-0.39, 0.29) is 5.69 Å². The van der Waals surface area contributed by atoms with Crippen LogP contribution in [0.5, 0.6) is 0 Å². The minimum atomic E-state index is -0.485. The lowest BCUT2D eigenvalue weighted by atomic mass is 10.1. The number of carbonyl (C=O) groups excluding carboxylic acids is 1. The second kappa shape index (κ2) is 4.66. The predicted octanol–water partition coefficient (Wildman–Crippen LogP) is 1.88. The molecule has 1 heterocycles. The Bertz CT molecular complexity index is 592. The van der Waals surface area contributed by atoms with Gasteiger partial charge in [0.15, 0.2) is 0 Å². The van der Waals surface area contributed by atoms with E-state index < -0.39 is 10.8 Å². The highest BCUT2D eigenvalue weighted by atomic mass is 16.6. The number of hydrogen-bond acceptors (Lipinski definition) is 4. The SMILES string of the molecule is Cc1c(NC(=O)c2cnc[nH]2)cccc1[N+](=O)[O-]. The fourth-order valence-corrected chi connectivity index (χ4v) is 1.53. The van der Waals surface area contributed by atoms with Crippen molar-refractivity contribution in [3.63, 3.8) is 0 Å². The van der Waals surface area contributed by atoms with E-state index in [2.05, 4.69) is 15.3 Å². The Hall–Kier alpha value is -2.70. The van der Waals surface area contributed by atoms with Crippen LogP contribution in [-0.2, 0) is 0 Å². The number of nitrogens with zero attached hydrogens (tertiary/aromatic N) is 2. The van der Waals surface area contributed by atoms with Crippen LogP contribution in [-0.4, -0.2) is 20.8 Å². The molecule has 92 valence electrons. The third kappa shape index (κ3) is 2.19. The summed E-state index contributed by atoms with van der Waals surface area (Å²) in [6.45, 7) is 1.58. The van der Waals surface area contributed by atoms with E-state index in [4.69, 9.17) is 0 Å². The van der Waals surface area contributed by atoms with E-state index in [9.17, 15) is 14.9 Å². The van der Waals surface area contributed by atoms with Crippen molar-refractivity contribution >= 4 is 17.3 Å². The minimum absolute atomic E-state index is 0.0302. The normalized spacial score (nSPS) is 10.1. The number of anilines is 1. The van der Waals surface area contributed by atoms with Gasteiger partial charge in [-0.05, 0) is 13.0 Å². The van der Waals surface area contributed by atoms with Crippen molar-refractivity contribution in [1.29, 1.82) is 0 Å². The maximum atomic E-state index is 11.8. The van der Waals surface area contributed by atoms with E-state index in [1.165, 1.54) is 24.7 Å². The Balaban J connectivity index is 2.27. The summed E-state index contributed by atoms with van der Waals surface area (Å²) in [6.07, 6.45) is 2.76. The zero-order chi connectivity index (χ0) is 13.1. The third-order valence-corrected chi connectivity index (χ3v) is 2.49. The first-order valence-electron chi connectivity index (χ1n) is 5.13. The van der Waals surface area contributed by atoms with Gasteiger partial charge in [0.25, 0.3) is 11.6 Å². The summed E-state index contributed by atoms with van der Waals surface area (Å²) in [5.41, 5.74) is 1.08. The van der Waals surface area contributed by atoms with Gasteiger partial charge in [0.2, 0.25) is 0 Å². The Morgan fingerprint density at radius 1 is 1.50 bits per heavy atom. The average molecular weight is 246 g/mol. The molecular formula is C11H10N4O3. The van der Waals surface area contributed by atoms with Gasteiger partial charge in [0.05, 0.1) is 28.7 Å². The lowest BCUT2D eigenvalue weighted by molar-refractivity contribution is -0.385. The molecule has 2 N–H and O–H groups in total.